The van der Waals surface area contributed by atoms with Crippen molar-refractivity contribution in [3.05, 3.63) is 106 Å². The summed E-state index contributed by atoms with van der Waals surface area (Å²) in [6.07, 6.45) is 0.591. The summed E-state index contributed by atoms with van der Waals surface area (Å²) in [5.41, 5.74) is 7.18. The van der Waals surface area contributed by atoms with Gasteiger partial charge in [-0.1, -0.05) is 42.5 Å². The van der Waals surface area contributed by atoms with Gasteiger partial charge in [0.25, 0.3) is 0 Å². The largest absolute Gasteiger partial charge is 0.497 e. The Labute approximate surface area is 196 Å². The maximum Gasteiger partial charge on any atom is 0.218 e. The van der Waals surface area contributed by atoms with Gasteiger partial charge in [-0.3, -0.25) is 4.57 Å². The summed E-state index contributed by atoms with van der Waals surface area (Å²) in [4.78, 5) is 3.65. The lowest BCUT2D eigenvalue weighted by Crippen LogP contribution is -2.21. The van der Waals surface area contributed by atoms with Gasteiger partial charge in [0.15, 0.2) is 4.77 Å². The van der Waals surface area contributed by atoms with E-state index in [9.17, 15) is 5.11 Å². The molecule has 2 aromatic heterocycles. The quantitative estimate of drug-likeness (QED) is 0.321. The van der Waals surface area contributed by atoms with E-state index in [-0.39, 0.29) is 11.9 Å². The Kier molecular flexibility index (Phi) is 4.45. The van der Waals surface area contributed by atoms with Gasteiger partial charge in [0.2, 0.25) is 5.88 Å². The number of methoxy groups -OCH3 is 1. The highest BCUT2D eigenvalue weighted by Gasteiger charge is 2.34. The van der Waals surface area contributed by atoms with Crippen molar-refractivity contribution in [2.75, 3.05) is 7.11 Å². The number of para-hydroxylation sites is 1. The molecule has 1 aliphatic heterocycles. The van der Waals surface area contributed by atoms with Crippen molar-refractivity contribution in [2.24, 2.45) is 0 Å². The van der Waals surface area contributed by atoms with Gasteiger partial charge in [0.05, 0.1) is 18.5 Å². The number of aromatic hydroxyl groups is 1. The molecule has 0 amide bonds. The molecular formula is C27H23N3O2S. The second-order valence-electron chi connectivity index (χ2n) is 8.52. The van der Waals surface area contributed by atoms with Crippen LogP contribution in [0.5, 0.6) is 11.6 Å². The molecule has 1 unspecified atom stereocenters. The number of imidazole rings is 1. The van der Waals surface area contributed by atoms with Crippen molar-refractivity contribution in [1.82, 2.24) is 14.1 Å². The lowest BCUT2D eigenvalue weighted by atomic mass is 9.93. The molecule has 3 heterocycles. The molecular weight excluding hydrogens is 430 g/mol. The average Bonchev–Trinajstić information content (AvgIpc) is 3.32. The molecule has 6 rings (SSSR count). The number of nitrogens with one attached hydrogen (secondary N) is 1. The highest BCUT2D eigenvalue weighted by Crippen LogP contribution is 2.43. The molecule has 0 saturated carbocycles. The highest BCUT2D eigenvalue weighted by molar-refractivity contribution is 7.71. The molecule has 5 aromatic rings. The van der Waals surface area contributed by atoms with Crippen LogP contribution in [0.1, 0.15) is 34.1 Å². The number of aromatic amines is 1. The summed E-state index contributed by atoms with van der Waals surface area (Å²) in [7, 11) is 1.67. The molecule has 0 bridgehead atoms. The number of aryl methyl sites for hydroxylation is 1. The van der Waals surface area contributed by atoms with Gasteiger partial charge in [0.1, 0.15) is 11.8 Å². The third kappa shape index (κ3) is 2.94. The Hall–Kier alpha value is -3.77. The fourth-order valence-corrected chi connectivity index (χ4v) is 5.46. The molecule has 2 N–H and O–H groups in total. The maximum atomic E-state index is 11.4. The number of fused-ring (bicyclic) bond motifs is 4. The molecule has 0 aliphatic carbocycles. The number of hydrogen-bond donors (Lipinski definition) is 2. The first kappa shape index (κ1) is 19.9. The molecule has 164 valence electrons. The standard InChI is InChI=1S/C27H23N3O2S/c1-16-7-5-9-18(13-16)29-26(31)23-15-21-20-11-3-4-12-22(20)28-24(21)25(30(23)27(29)33)17-8-6-10-19(14-17)32-2/h3-14,25,28,31H,15H2,1-2H3. The topological polar surface area (TPSA) is 55.1 Å². The van der Waals surface area contributed by atoms with Gasteiger partial charge in [-0.15, -0.1) is 0 Å². The SMILES string of the molecule is COc1cccc(C2c3[nH]c4ccccc4c3Cc3c(O)n(-c4cccc(C)c4)c(=S)n32)c1. The van der Waals surface area contributed by atoms with Crippen molar-refractivity contribution in [2.45, 2.75) is 19.4 Å². The Morgan fingerprint density at radius 1 is 1.03 bits per heavy atom. The summed E-state index contributed by atoms with van der Waals surface area (Å²) in [5.74, 6) is 0.973. The molecule has 0 spiro atoms. The summed E-state index contributed by atoms with van der Waals surface area (Å²) < 4.78 is 9.94. The van der Waals surface area contributed by atoms with E-state index in [1.54, 1.807) is 11.7 Å². The smallest absolute Gasteiger partial charge is 0.218 e. The lowest BCUT2D eigenvalue weighted by Gasteiger charge is -2.27. The van der Waals surface area contributed by atoms with Crippen LogP contribution in [0, 0.1) is 11.7 Å². The first-order valence-electron chi connectivity index (χ1n) is 10.9. The van der Waals surface area contributed by atoms with Crippen molar-refractivity contribution in [3.63, 3.8) is 0 Å². The van der Waals surface area contributed by atoms with E-state index < -0.39 is 0 Å². The summed E-state index contributed by atoms with van der Waals surface area (Å²) >= 11 is 5.99. The number of benzene rings is 3. The van der Waals surface area contributed by atoms with Crippen LogP contribution < -0.4 is 4.74 Å². The van der Waals surface area contributed by atoms with E-state index in [0.29, 0.717) is 11.2 Å². The minimum absolute atomic E-state index is 0.189. The van der Waals surface area contributed by atoms with Gasteiger partial charge < -0.3 is 19.4 Å². The zero-order chi connectivity index (χ0) is 22.7. The highest BCUT2D eigenvalue weighted by atomic mass is 32.1. The first-order chi connectivity index (χ1) is 16.1. The normalized spacial score (nSPS) is 14.8. The second kappa shape index (κ2) is 7.39. The predicted molar refractivity (Wildman–Crippen MR) is 132 cm³/mol. The van der Waals surface area contributed by atoms with E-state index in [0.717, 1.165) is 39.5 Å². The first-order valence-corrected chi connectivity index (χ1v) is 11.3. The Morgan fingerprint density at radius 2 is 1.85 bits per heavy atom. The average molecular weight is 454 g/mol. The number of nitrogens with zero attached hydrogens (tertiary/aromatic N) is 2. The van der Waals surface area contributed by atoms with E-state index in [1.165, 1.54) is 10.9 Å². The van der Waals surface area contributed by atoms with Crippen LogP contribution in [0.2, 0.25) is 0 Å². The Balaban J connectivity index is 1.67. The Morgan fingerprint density at radius 3 is 2.67 bits per heavy atom. The van der Waals surface area contributed by atoms with Gasteiger partial charge in [-0.05, 0) is 66.2 Å². The van der Waals surface area contributed by atoms with Crippen LogP contribution in [-0.4, -0.2) is 26.3 Å². The van der Waals surface area contributed by atoms with Crippen LogP contribution in [0.25, 0.3) is 16.6 Å². The van der Waals surface area contributed by atoms with Gasteiger partial charge in [-0.25, -0.2) is 0 Å². The molecule has 3 aromatic carbocycles. The molecule has 1 atom stereocenters. The lowest BCUT2D eigenvalue weighted by molar-refractivity contribution is 0.413. The summed E-state index contributed by atoms with van der Waals surface area (Å²) in [6.45, 7) is 2.04. The minimum Gasteiger partial charge on any atom is -0.497 e. The van der Waals surface area contributed by atoms with E-state index in [1.807, 2.05) is 55.5 Å². The number of H-pyrrole nitrogens is 1. The van der Waals surface area contributed by atoms with Gasteiger partial charge in [0, 0.05) is 23.0 Å². The zero-order valence-electron chi connectivity index (χ0n) is 18.4. The number of hydrogen-bond acceptors (Lipinski definition) is 3. The molecule has 0 saturated heterocycles. The van der Waals surface area contributed by atoms with Crippen molar-refractivity contribution in [1.29, 1.82) is 0 Å². The second-order valence-corrected chi connectivity index (χ2v) is 8.88. The van der Waals surface area contributed by atoms with Crippen LogP contribution in [-0.2, 0) is 6.42 Å². The molecule has 1 aliphatic rings. The maximum absolute atomic E-state index is 11.4. The summed E-state index contributed by atoms with van der Waals surface area (Å²) in [5, 5.41) is 12.6. The minimum atomic E-state index is -0.212. The summed E-state index contributed by atoms with van der Waals surface area (Å²) in [6, 6.07) is 24.2. The van der Waals surface area contributed by atoms with Gasteiger partial charge >= 0.3 is 0 Å². The van der Waals surface area contributed by atoms with Crippen LogP contribution in [0.3, 0.4) is 0 Å². The third-order valence-corrected chi connectivity index (χ3v) is 6.93. The van der Waals surface area contributed by atoms with Crippen LogP contribution in [0.15, 0.2) is 72.8 Å². The number of aromatic nitrogens is 3. The van der Waals surface area contributed by atoms with Gasteiger partial charge in [-0.2, -0.15) is 0 Å². The zero-order valence-corrected chi connectivity index (χ0v) is 19.2. The molecule has 0 fully saturated rings. The molecule has 5 nitrogen and oxygen atoms in total. The molecule has 6 heteroatoms. The van der Waals surface area contributed by atoms with E-state index in [4.69, 9.17) is 17.0 Å². The predicted octanol–water partition coefficient (Wildman–Crippen LogP) is 6.05. The number of ether oxygens (including phenoxy) is 1. The van der Waals surface area contributed by atoms with E-state index in [2.05, 4.69) is 33.8 Å². The Bertz CT molecular complexity index is 1590. The molecule has 33 heavy (non-hydrogen) atoms. The van der Waals surface area contributed by atoms with Crippen LogP contribution >= 0.6 is 12.2 Å². The fraction of sp³-hybridized carbons (Fsp3) is 0.148. The monoisotopic (exact) mass is 453 g/mol. The number of rotatable bonds is 3. The van der Waals surface area contributed by atoms with Crippen molar-refractivity contribution < 1.29 is 9.84 Å². The van der Waals surface area contributed by atoms with Crippen molar-refractivity contribution >= 4 is 23.1 Å². The van der Waals surface area contributed by atoms with Crippen molar-refractivity contribution in [3.8, 4) is 17.3 Å². The molecule has 0 radical (unpaired) electrons. The fourth-order valence-electron chi connectivity index (χ4n) is 5.05. The van der Waals surface area contributed by atoms with Crippen LogP contribution in [0.4, 0.5) is 0 Å². The van der Waals surface area contributed by atoms with E-state index >= 15 is 0 Å². The third-order valence-electron chi connectivity index (χ3n) is 6.55.